The Labute approximate surface area is 109 Å². The minimum Gasteiger partial charge on any atom is -0.294 e. The van der Waals surface area contributed by atoms with Crippen LogP contribution in [0.1, 0.15) is 53.4 Å². The van der Waals surface area contributed by atoms with Crippen LogP contribution in [-0.4, -0.2) is 11.8 Å². The maximum atomic E-state index is 11.4. The number of amides is 2. The van der Waals surface area contributed by atoms with Crippen LogP contribution in [0.5, 0.6) is 0 Å². The highest BCUT2D eigenvalue weighted by atomic mass is 16.2. The fourth-order valence-electron chi connectivity index (χ4n) is 2.45. The molecule has 0 aliphatic carbocycles. The largest absolute Gasteiger partial charge is 0.294 e. The van der Waals surface area contributed by atoms with Crippen LogP contribution < -0.4 is 22.5 Å². The predicted molar refractivity (Wildman–Crippen MR) is 70.7 cm³/mol. The van der Waals surface area contributed by atoms with Gasteiger partial charge in [0.1, 0.15) is 0 Å². The van der Waals surface area contributed by atoms with Gasteiger partial charge in [0.05, 0.1) is 0 Å². The van der Waals surface area contributed by atoms with Gasteiger partial charge in [0.25, 0.3) is 0 Å². The third-order valence-corrected chi connectivity index (χ3v) is 3.31. The van der Waals surface area contributed by atoms with Crippen molar-refractivity contribution in [3.63, 3.8) is 0 Å². The standard InChI is InChI=1S/C12H26N4O2/c1-5-12(4,7-10(18)16-14)8-11(2,3)6-9(17)15-13/h5-8,13-14H2,1-4H3,(H,15,17)(H,16,18). The average molecular weight is 258 g/mol. The first-order valence-electron chi connectivity index (χ1n) is 6.17. The highest BCUT2D eigenvalue weighted by Gasteiger charge is 2.34. The van der Waals surface area contributed by atoms with Crippen LogP contribution in [0.4, 0.5) is 0 Å². The fourth-order valence-corrected chi connectivity index (χ4v) is 2.45. The number of carbonyl (C=O) groups excluding carboxylic acids is 2. The van der Waals surface area contributed by atoms with E-state index in [1.54, 1.807) is 0 Å². The van der Waals surface area contributed by atoms with Crippen molar-refractivity contribution >= 4 is 11.8 Å². The summed E-state index contributed by atoms with van der Waals surface area (Å²) in [6.07, 6.45) is 2.28. The second-order valence-electron chi connectivity index (χ2n) is 5.99. The summed E-state index contributed by atoms with van der Waals surface area (Å²) in [4.78, 5) is 22.8. The van der Waals surface area contributed by atoms with E-state index in [-0.39, 0.29) is 22.6 Å². The Morgan fingerprint density at radius 2 is 1.44 bits per heavy atom. The Morgan fingerprint density at radius 1 is 1.00 bits per heavy atom. The van der Waals surface area contributed by atoms with Crippen molar-refractivity contribution in [2.45, 2.75) is 53.4 Å². The molecule has 6 heteroatoms. The molecule has 6 nitrogen and oxygen atoms in total. The quantitative estimate of drug-likeness (QED) is 0.304. The summed E-state index contributed by atoms with van der Waals surface area (Å²) >= 11 is 0. The van der Waals surface area contributed by atoms with Gasteiger partial charge in [-0.3, -0.25) is 20.4 Å². The molecule has 18 heavy (non-hydrogen) atoms. The molecule has 0 rings (SSSR count). The summed E-state index contributed by atoms with van der Waals surface area (Å²) in [5.41, 5.74) is 3.90. The summed E-state index contributed by atoms with van der Waals surface area (Å²) in [6.45, 7) is 8.06. The molecule has 1 unspecified atom stereocenters. The molecule has 0 aromatic rings. The molecule has 0 aromatic heterocycles. The zero-order valence-electron chi connectivity index (χ0n) is 11.8. The molecule has 0 aromatic carbocycles. The molecule has 0 aliphatic heterocycles. The number of hydrogen-bond donors (Lipinski definition) is 4. The van der Waals surface area contributed by atoms with E-state index in [1.165, 1.54) is 0 Å². The SMILES string of the molecule is CCC(C)(CC(=O)NN)CC(C)(C)CC(=O)NN. The van der Waals surface area contributed by atoms with Gasteiger partial charge in [-0.25, -0.2) is 11.7 Å². The smallest absolute Gasteiger partial charge is 0.234 e. The van der Waals surface area contributed by atoms with Gasteiger partial charge >= 0.3 is 0 Å². The Morgan fingerprint density at radius 3 is 1.83 bits per heavy atom. The van der Waals surface area contributed by atoms with Crippen molar-refractivity contribution in [3.8, 4) is 0 Å². The molecule has 1 atom stereocenters. The molecule has 0 aliphatic rings. The second-order valence-corrected chi connectivity index (χ2v) is 5.99. The van der Waals surface area contributed by atoms with Gasteiger partial charge in [-0.1, -0.05) is 34.1 Å². The van der Waals surface area contributed by atoms with Crippen LogP contribution >= 0.6 is 0 Å². The third kappa shape index (κ3) is 5.97. The topological polar surface area (TPSA) is 110 Å². The van der Waals surface area contributed by atoms with Gasteiger partial charge in [-0.15, -0.1) is 0 Å². The number of carbonyl (C=O) groups is 2. The van der Waals surface area contributed by atoms with Crippen LogP contribution in [0.3, 0.4) is 0 Å². The summed E-state index contributed by atoms with van der Waals surface area (Å²) in [5, 5.41) is 0. The Kier molecular flexibility index (Phi) is 6.28. The lowest BCUT2D eigenvalue weighted by Gasteiger charge is -2.36. The first-order valence-corrected chi connectivity index (χ1v) is 6.17. The van der Waals surface area contributed by atoms with Crippen molar-refractivity contribution in [3.05, 3.63) is 0 Å². The third-order valence-electron chi connectivity index (χ3n) is 3.31. The maximum Gasteiger partial charge on any atom is 0.234 e. The van der Waals surface area contributed by atoms with Gasteiger partial charge < -0.3 is 0 Å². The van der Waals surface area contributed by atoms with Crippen molar-refractivity contribution in [2.75, 3.05) is 0 Å². The number of nitrogens with one attached hydrogen (secondary N) is 2. The van der Waals surface area contributed by atoms with Gasteiger partial charge in [0.15, 0.2) is 0 Å². The summed E-state index contributed by atoms with van der Waals surface area (Å²) in [5.74, 6) is 9.84. The first kappa shape index (κ1) is 16.9. The Balaban J connectivity index is 4.67. The minimum absolute atomic E-state index is 0.179. The van der Waals surface area contributed by atoms with Crippen molar-refractivity contribution < 1.29 is 9.59 Å². The minimum atomic E-state index is -0.219. The lowest BCUT2D eigenvalue weighted by Crippen LogP contribution is -2.38. The summed E-state index contributed by atoms with van der Waals surface area (Å²) in [7, 11) is 0. The van der Waals surface area contributed by atoms with E-state index in [0.29, 0.717) is 12.8 Å². The van der Waals surface area contributed by atoms with Crippen LogP contribution in [0.15, 0.2) is 0 Å². The summed E-state index contributed by atoms with van der Waals surface area (Å²) in [6, 6.07) is 0. The van der Waals surface area contributed by atoms with Gasteiger partial charge in [0, 0.05) is 12.8 Å². The molecule has 6 N–H and O–H groups in total. The van der Waals surface area contributed by atoms with E-state index >= 15 is 0 Å². The zero-order valence-corrected chi connectivity index (χ0v) is 11.8. The molecule has 0 saturated heterocycles. The second kappa shape index (κ2) is 6.70. The van der Waals surface area contributed by atoms with Crippen LogP contribution in [0, 0.1) is 10.8 Å². The lowest BCUT2D eigenvalue weighted by molar-refractivity contribution is -0.124. The van der Waals surface area contributed by atoms with Crippen molar-refractivity contribution in [1.82, 2.24) is 10.9 Å². The molecule has 0 spiro atoms. The molecule has 106 valence electrons. The van der Waals surface area contributed by atoms with E-state index in [2.05, 4.69) is 10.9 Å². The summed E-state index contributed by atoms with van der Waals surface area (Å²) < 4.78 is 0. The molecule has 2 amide bonds. The number of hydrogen-bond acceptors (Lipinski definition) is 4. The van der Waals surface area contributed by atoms with Crippen LogP contribution in [-0.2, 0) is 9.59 Å². The van der Waals surface area contributed by atoms with Crippen molar-refractivity contribution in [2.24, 2.45) is 22.5 Å². The molecule has 0 radical (unpaired) electrons. The normalized spacial score (nSPS) is 14.8. The maximum absolute atomic E-state index is 11.4. The molecule has 0 saturated carbocycles. The Hall–Kier alpha value is -1.14. The van der Waals surface area contributed by atoms with Crippen LogP contribution in [0.25, 0.3) is 0 Å². The zero-order chi connectivity index (χ0) is 14.4. The highest BCUT2D eigenvalue weighted by Crippen LogP contribution is 2.40. The lowest BCUT2D eigenvalue weighted by atomic mass is 9.69. The average Bonchev–Trinajstić information content (AvgIpc) is 2.27. The fraction of sp³-hybridized carbons (Fsp3) is 0.833. The van der Waals surface area contributed by atoms with Gasteiger partial charge in [-0.2, -0.15) is 0 Å². The molecule has 0 bridgehead atoms. The molecular formula is C12H26N4O2. The van der Waals surface area contributed by atoms with Gasteiger partial charge in [-0.05, 0) is 17.3 Å². The van der Waals surface area contributed by atoms with E-state index in [0.717, 1.165) is 12.8 Å². The predicted octanol–water partition coefficient (Wildman–Crippen LogP) is 0.579. The van der Waals surface area contributed by atoms with E-state index in [4.69, 9.17) is 11.7 Å². The van der Waals surface area contributed by atoms with Crippen LogP contribution in [0.2, 0.25) is 0 Å². The molecule has 0 fully saturated rings. The Bertz CT molecular complexity index is 304. The molecular weight excluding hydrogens is 232 g/mol. The van der Waals surface area contributed by atoms with E-state index in [9.17, 15) is 9.59 Å². The molecule has 0 heterocycles. The first-order chi connectivity index (χ1) is 8.18. The van der Waals surface area contributed by atoms with Crippen molar-refractivity contribution in [1.29, 1.82) is 0 Å². The van der Waals surface area contributed by atoms with E-state index < -0.39 is 0 Å². The van der Waals surface area contributed by atoms with Gasteiger partial charge in [0.2, 0.25) is 11.8 Å². The highest BCUT2D eigenvalue weighted by molar-refractivity contribution is 5.76. The number of hydrazine groups is 2. The number of nitrogens with two attached hydrogens (primary N) is 2. The monoisotopic (exact) mass is 258 g/mol. The van der Waals surface area contributed by atoms with E-state index in [1.807, 2.05) is 27.7 Å². The number of rotatable bonds is 7.